The van der Waals surface area contributed by atoms with Gasteiger partial charge in [0.2, 0.25) is 21.8 Å². The zero-order valence-corrected chi connectivity index (χ0v) is 25.0. The molecule has 1 atom stereocenters. The summed E-state index contributed by atoms with van der Waals surface area (Å²) in [5.41, 5.74) is 2.33. The number of hydrogen-bond acceptors (Lipinski definition) is 5. The molecule has 3 rings (SSSR count). The lowest BCUT2D eigenvalue weighted by Crippen LogP contribution is -2.50. The number of methoxy groups -OCH3 is 1. The van der Waals surface area contributed by atoms with Gasteiger partial charge in [0, 0.05) is 32.5 Å². The highest BCUT2D eigenvalue weighted by molar-refractivity contribution is 7.92. The summed E-state index contributed by atoms with van der Waals surface area (Å²) >= 11 is 0. The van der Waals surface area contributed by atoms with Gasteiger partial charge < -0.3 is 15.0 Å². The van der Waals surface area contributed by atoms with Crippen molar-refractivity contribution in [3.63, 3.8) is 0 Å². The van der Waals surface area contributed by atoms with E-state index in [1.807, 2.05) is 60.7 Å². The van der Waals surface area contributed by atoms with Crippen LogP contribution in [0.4, 0.5) is 5.69 Å². The average molecular weight is 580 g/mol. The molecule has 220 valence electrons. The Morgan fingerprint density at radius 1 is 0.902 bits per heavy atom. The molecule has 3 aromatic carbocycles. The van der Waals surface area contributed by atoms with Gasteiger partial charge >= 0.3 is 0 Å². The number of carbonyl (C=O) groups is 2. The second-order valence-electron chi connectivity index (χ2n) is 10.00. The summed E-state index contributed by atoms with van der Waals surface area (Å²) in [6.07, 6.45) is 3.67. The third-order valence-electron chi connectivity index (χ3n) is 6.78. The molecule has 41 heavy (non-hydrogen) atoms. The zero-order chi connectivity index (χ0) is 29.7. The van der Waals surface area contributed by atoms with E-state index in [-0.39, 0.29) is 31.3 Å². The summed E-state index contributed by atoms with van der Waals surface area (Å²) in [5, 5.41) is 3.02. The molecule has 0 unspecified atom stereocenters. The predicted molar refractivity (Wildman–Crippen MR) is 163 cm³/mol. The normalized spacial score (nSPS) is 11.9. The van der Waals surface area contributed by atoms with Crippen molar-refractivity contribution in [2.75, 3.05) is 30.8 Å². The summed E-state index contributed by atoms with van der Waals surface area (Å²) < 4.78 is 31.8. The van der Waals surface area contributed by atoms with Crippen LogP contribution in [0.3, 0.4) is 0 Å². The number of sulfonamides is 1. The van der Waals surface area contributed by atoms with E-state index in [1.165, 1.54) is 4.31 Å². The Morgan fingerprint density at radius 2 is 1.56 bits per heavy atom. The van der Waals surface area contributed by atoms with Crippen molar-refractivity contribution in [1.82, 2.24) is 10.2 Å². The first-order valence-electron chi connectivity index (χ1n) is 14.0. The number of benzene rings is 3. The number of ether oxygens (including phenoxy) is 1. The highest BCUT2D eigenvalue weighted by Gasteiger charge is 2.30. The third kappa shape index (κ3) is 9.93. The van der Waals surface area contributed by atoms with E-state index in [4.69, 9.17) is 4.74 Å². The van der Waals surface area contributed by atoms with Gasteiger partial charge in [-0.2, -0.15) is 0 Å². The topological polar surface area (TPSA) is 96.0 Å². The fourth-order valence-corrected chi connectivity index (χ4v) is 5.59. The highest BCUT2D eigenvalue weighted by atomic mass is 32.2. The molecule has 0 aliphatic rings. The Morgan fingerprint density at radius 3 is 2.20 bits per heavy atom. The standard InChI is InChI=1S/C32H41N3O5S/c1-4-5-21-33-32(37)30(24-26-14-8-6-9-15-26)34(25-27-16-12-19-29(23-27)40-2)31(36)20-13-22-35(41(3,38)39)28-17-10-7-11-18-28/h6-12,14-19,23,30H,4-5,13,20-22,24-25H2,1-3H3,(H,33,37)/t30-/m0/s1. The van der Waals surface area contributed by atoms with Crippen molar-refractivity contribution in [3.8, 4) is 5.75 Å². The lowest BCUT2D eigenvalue weighted by Gasteiger charge is -2.32. The van der Waals surface area contributed by atoms with Crippen molar-refractivity contribution in [3.05, 3.63) is 96.1 Å². The molecule has 9 heteroatoms. The number of rotatable bonds is 16. The Hall–Kier alpha value is -3.85. The number of carbonyl (C=O) groups excluding carboxylic acids is 2. The van der Waals surface area contributed by atoms with Crippen LogP contribution in [-0.4, -0.2) is 57.6 Å². The molecule has 0 aliphatic heterocycles. The molecule has 1 N–H and O–H groups in total. The Bertz CT molecular complexity index is 1350. The molecule has 3 aromatic rings. The lowest BCUT2D eigenvalue weighted by molar-refractivity contribution is -0.141. The van der Waals surface area contributed by atoms with Crippen molar-refractivity contribution < 1.29 is 22.7 Å². The maximum atomic E-state index is 13.9. The second kappa shape index (κ2) is 15.8. The van der Waals surface area contributed by atoms with Crippen molar-refractivity contribution >= 4 is 27.5 Å². The van der Waals surface area contributed by atoms with Crippen LogP contribution in [0.5, 0.6) is 5.75 Å². The number of unbranched alkanes of at least 4 members (excludes halogenated alkanes) is 1. The third-order valence-corrected chi connectivity index (χ3v) is 7.98. The van der Waals surface area contributed by atoms with Gasteiger partial charge in [0.15, 0.2) is 0 Å². The van der Waals surface area contributed by atoms with Gasteiger partial charge in [-0.25, -0.2) is 8.42 Å². The van der Waals surface area contributed by atoms with E-state index < -0.39 is 16.1 Å². The highest BCUT2D eigenvalue weighted by Crippen LogP contribution is 2.21. The quantitative estimate of drug-likeness (QED) is 0.246. The molecule has 0 saturated carbocycles. The fourth-order valence-electron chi connectivity index (χ4n) is 4.63. The monoisotopic (exact) mass is 579 g/mol. The predicted octanol–water partition coefficient (Wildman–Crippen LogP) is 4.80. The van der Waals surface area contributed by atoms with Crippen molar-refractivity contribution in [1.29, 1.82) is 0 Å². The molecular weight excluding hydrogens is 538 g/mol. The van der Waals surface area contributed by atoms with Gasteiger partial charge in [-0.1, -0.05) is 74.0 Å². The molecule has 0 fully saturated rings. The molecule has 2 amide bonds. The fraction of sp³-hybridized carbons (Fsp3) is 0.375. The molecule has 0 aliphatic carbocycles. The number of amides is 2. The summed E-state index contributed by atoms with van der Waals surface area (Å²) in [7, 11) is -1.96. The Balaban J connectivity index is 1.88. The van der Waals surface area contributed by atoms with Gasteiger partial charge in [0.1, 0.15) is 11.8 Å². The van der Waals surface area contributed by atoms with E-state index in [0.29, 0.717) is 30.8 Å². The first kappa shape index (κ1) is 31.7. The number of nitrogens with one attached hydrogen (secondary N) is 1. The smallest absolute Gasteiger partial charge is 0.243 e. The molecule has 0 bridgehead atoms. The van der Waals surface area contributed by atoms with Crippen LogP contribution in [0.2, 0.25) is 0 Å². The summed E-state index contributed by atoms with van der Waals surface area (Å²) in [6.45, 7) is 2.94. The van der Waals surface area contributed by atoms with Gasteiger partial charge in [-0.05, 0) is 48.2 Å². The molecule has 0 radical (unpaired) electrons. The van der Waals surface area contributed by atoms with Crippen LogP contribution in [-0.2, 0) is 32.6 Å². The Labute approximate surface area is 244 Å². The van der Waals surface area contributed by atoms with E-state index in [9.17, 15) is 18.0 Å². The van der Waals surface area contributed by atoms with E-state index in [0.717, 1.165) is 30.2 Å². The van der Waals surface area contributed by atoms with Crippen molar-refractivity contribution in [2.24, 2.45) is 0 Å². The van der Waals surface area contributed by atoms with E-state index in [2.05, 4.69) is 12.2 Å². The maximum absolute atomic E-state index is 13.9. The molecule has 0 aromatic heterocycles. The minimum atomic E-state index is -3.55. The van der Waals surface area contributed by atoms with Gasteiger partial charge in [0.05, 0.1) is 19.1 Å². The number of hydrogen-bond donors (Lipinski definition) is 1. The van der Waals surface area contributed by atoms with Gasteiger partial charge in [-0.15, -0.1) is 0 Å². The van der Waals surface area contributed by atoms with Crippen LogP contribution in [0, 0.1) is 0 Å². The van der Waals surface area contributed by atoms with Crippen LogP contribution in [0.25, 0.3) is 0 Å². The number of para-hydroxylation sites is 1. The average Bonchev–Trinajstić information content (AvgIpc) is 2.97. The molecule has 8 nitrogen and oxygen atoms in total. The first-order valence-corrected chi connectivity index (χ1v) is 15.8. The molecule has 0 saturated heterocycles. The lowest BCUT2D eigenvalue weighted by atomic mass is 10.0. The largest absolute Gasteiger partial charge is 0.497 e. The minimum Gasteiger partial charge on any atom is -0.497 e. The maximum Gasteiger partial charge on any atom is 0.243 e. The Kier molecular flexibility index (Phi) is 12.2. The summed E-state index contributed by atoms with van der Waals surface area (Å²) in [5.74, 6) is 0.232. The van der Waals surface area contributed by atoms with Crippen LogP contribution >= 0.6 is 0 Å². The first-order chi connectivity index (χ1) is 19.7. The van der Waals surface area contributed by atoms with Crippen LogP contribution < -0.4 is 14.4 Å². The second-order valence-corrected chi connectivity index (χ2v) is 11.9. The number of nitrogens with zero attached hydrogens (tertiary/aromatic N) is 2. The van der Waals surface area contributed by atoms with Gasteiger partial charge in [-0.3, -0.25) is 13.9 Å². The van der Waals surface area contributed by atoms with Gasteiger partial charge in [0.25, 0.3) is 0 Å². The summed E-state index contributed by atoms with van der Waals surface area (Å²) in [6, 6.07) is 25.2. The van der Waals surface area contributed by atoms with E-state index >= 15 is 0 Å². The SMILES string of the molecule is CCCCNC(=O)[C@H](Cc1ccccc1)N(Cc1cccc(OC)c1)C(=O)CCCN(c1ccccc1)S(C)(=O)=O. The molecule has 0 spiro atoms. The van der Waals surface area contributed by atoms with E-state index in [1.54, 1.807) is 36.3 Å². The summed E-state index contributed by atoms with van der Waals surface area (Å²) in [4.78, 5) is 29.1. The van der Waals surface area contributed by atoms with Crippen LogP contribution in [0.1, 0.15) is 43.7 Å². The number of anilines is 1. The zero-order valence-electron chi connectivity index (χ0n) is 24.2. The molecule has 0 heterocycles. The minimum absolute atomic E-state index is 0.0797. The van der Waals surface area contributed by atoms with Crippen LogP contribution in [0.15, 0.2) is 84.9 Å². The molecular formula is C32H41N3O5S. The van der Waals surface area contributed by atoms with Crippen molar-refractivity contribution in [2.45, 2.75) is 51.6 Å².